The van der Waals surface area contributed by atoms with Crippen LogP contribution in [-0.4, -0.2) is 46.4 Å². The standard InChI is InChI=1S/C25H36N4O3.C2H6.C2H4/c1-6-8-9-12-20(30)17-23-27-22-14-11-10-13-21(22)24(28-23)29(7-2)16-15-19(5)26-25(31)32-18(3)4;2*1-2/h8-14,18-19,30H,6-7,15-17H2,1-5H3,(H,26,31);1-2H3;1-2H2/b9-8-,20-12+;;. The number of ether oxygens (including phenoxy) is 1. The molecule has 1 aromatic heterocycles. The van der Waals surface area contributed by atoms with Crippen LogP contribution in [0.3, 0.4) is 0 Å². The van der Waals surface area contributed by atoms with E-state index in [9.17, 15) is 9.90 Å². The molecular weight excluding hydrogens is 452 g/mol. The quantitative estimate of drug-likeness (QED) is 0.194. The number of amides is 1. The monoisotopic (exact) mass is 498 g/mol. The number of carbonyl (C=O) groups is 1. The fraction of sp³-hybridized carbons (Fsp3) is 0.483. The highest BCUT2D eigenvalue weighted by Gasteiger charge is 2.16. The predicted molar refractivity (Wildman–Crippen MR) is 153 cm³/mol. The lowest BCUT2D eigenvalue weighted by Crippen LogP contribution is -2.37. The van der Waals surface area contributed by atoms with Gasteiger partial charge in [0.1, 0.15) is 11.6 Å². The van der Waals surface area contributed by atoms with E-state index in [1.165, 1.54) is 0 Å². The summed E-state index contributed by atoms with van der Waals surface area (Å²) < 4.78 is 5.17. The molecule has 0 saturated carbocycles. The lowest BCUT2D eigenvalue weighted by Gasteiger charge is -2.25. The Kier molecular flexibility index (Phi) is 17.2. The van der Waals surface area contributed by atoms with E-state index < -0.39 is 6.09 Å². The molecule has 1 unspecified atom stereocenters. The van der Waals surface area contributed by atoms with Crippen LogP contribution in [0.1, 0.15) is 67.1 Å². The van der Waals surface area contributed by atoms with Crippen molar-refractivity contribution in [2.45, 2.75) is 79.9 Å². The second-order valence-corrected chi connectivity index (χ2v) is 8.02. The Bertz CT molecular complexity index is 957. The molecule has 7 nitrogen and oxygen atoms in total. The van der Waals surface area contributed by atoms with E-state index >= 15 is 0 Å². The molecule has 0 aliphatic carbocycles. The van der Waals surface area contributed by atoms with E-state index in [4.69, 9.17) is 9.72 Å². The molecule has 200 valence electrons. The Labute approximate surface area is 218 Å². The molecule has 7 heteroatoms. The summed E-state index contributed by atoms with van der Waals surface area (Å²) in [6.07, 6.45) is 6.87. The summed E-state index contributed by atoms with van der Waals surface area (Å²) in [6.45, 7) is 21.2. The highest BCUT2D eigenvalue weighted by atomic mass is 16.6. The molecule has 0 saturated heterocycles. The van der Waals surface area contributed by atoms with Gasteiger partial charge in [-0.3, -0.25) is 0 Å². The zero-order valence-electron chi connectivity index (χ0n) is 23.3. The molecule has 0 aliphatic rings. The topological polar surface area (TPSA) is 87.6 Å². The van der Waals surface area contributed by atoms with Crippen LogP contribution in [-0.2, 0) is 11.2 Å². The SMILES string of the molecule is C=C.CC.CC/C=C\C=C(\O)Cc1nc(N(CC)CCC(C)NC(=O)OC(C)C)c2ccccc2n1. The van der Waals surface area contributed by atoms with Crippen molar-refractivity contribution in [3.63, 3.8) is 0 Å². The summed E-state index contributed by atoms with van der Waals surface area (Å²) in [6, 6.07) is 7.85. The van der Waals surface area contributed by atoms with Gasteiger partial charge in [0.05, 0.1) is 23.8 Å². The smallest absolute Gasteiger partial charge is 0.407 e. The minimum absolute atomic E-state index is 0.0415. The van der Waals surface area contributed by atoms with E-state index in [2.05, 4.69) is 35.3 Å². The van der Waals surface area contributed by atoms with Gasteiger partial charge in [0.2, 0.25) is 0 Å². The van der Waals surface area contributed by atoms with Crippen molar-refractivity contribution in [2.24, 2.45) is 0 Å². The van der Waals surface area contributed by atoms with Crippen molar-refractivity contribution in [3.05, 3.63) is 67.2 Å². The van der Waals surface area contributed by atoms with Crippen molar-refractivity contribution in [2.75, 3.05) is 18.0 Å². The highest BCUT2D eigenvalue weighted by Crippen LogP contribution is 2.25. The van der Waals surface area contributed by atoms with Crippen molar-refractivity contribution in [1.82, 2.24) is 15.3 Å². The van der Waals surface area contributed by atoms with Crippen LogP contribution in [0.25, 0.3) is 10.9 Å². The second-order valence-electron chi connectivity index (χ2n) is 8.02. The normalized spacial score (nSPS) is 11.8. The second kappa shape index (κ2) is 18.9. The number of carbonyl (C=O) groups excluding carboxylic acids is 1. The largest absolute Gasteiger partial charge is 0.512 e. The van der Waals surface area contributed by atoms with E-state index in [1.807, 2.05) is 78.0 Å². The van der Waals surface area contributed by atoms with E-state index in [1.54, 1.807) is 6.08 Å². The third-order valence-electron chi connectivity index (χ3n) is 4.85. The summed E-state index contributed by atoms with van der Waals surface area (Å²) >= 11 is 0. The van der Waals surface area contributed by atoms with E-state index in [-0.39, 0.29) is 24.3 Å². The number of aliphatic hydroxyl groups is 1. The van der Waals surface area contributed by atoms with Crippen LogP contribution >= 0.6 is 0 Å². The Balaban J connectivity index is 0.00000291. The summed E-state index contributed by atoms with van der Waals surface area (Å²) in [4.78, 5) is 23.5. The number of rotatable bonds is 11. The fourth-order valence-electron chi connectivity index (χ4n) is 3.25. The number of alkyl carbamates (subject to hydrolysis) is 1. The number of allylic oxidation sites excluding steroid dienone is 4. The highest BCUT2D eigenvalue weighted by molar-refractivity contribution is 5.89. The molecule has 1 atom stereocenters. The first-order valence-corrected chi connectivity index (χ1v) is 12.9. The third kappa shape index (κ3) is 11.9. The van der Waals surface area contributed by atoms with Crippen LogP contribution < -0.4 is 10.2 Å². The zero-order valence-corrected chi connectivity index (χ0v) is 23.3. The van der Waals surface area contributed by atoms with Gasteiger partial charge in [-0.25, -0.2) is 14.8 Å². The lowest BCUT2D eigenvalue weighted by molar-refractivity contribution is 0.112. The number of fused-ring (bicyclic) bond motifs is 1. The van der Waals surface area contributed by atoms with Gasteiger partial charge in [-0.05, 0) is 58.7 Å². The van der Waals surface area contributed by atoms with E-state index in [0.717, 1.165) is 36.1 Å². The van der Waals surface area contributed by atoms with Gasteiger partial charge in [-0.1, -0.05) is 45.1 Å². The molecule has 1 amide bonds. The average molecular weight is 499 g/mol. The van der Waals surface area contributed by atoms with Crippen molar-refractivity contribution >= 4 is 22.8 Å². The Hall–Kier alpha value is -3.35. The van der Waals surface area contributed by atoms with Gasteiger partial charge in [0.25, 0.3) is 0 Å². The van der Waals surface area contributed by atoms with Gasteiger partial charge in [-0.2, -0.15) is 0 Å². The van der Waals surface area contributed by atoms with Gasteiger partial charge >= 0.3 is 6.09 Å². The molecule has 0 fully saturated rings. The summed E-state index contributed by atoms with van der Waals surface area (Å²) in [7, 11) is 0. The molecule has 0 radical (unpaired) electrons. The number of hydrogen-bond donors (Lipinski definition) is 2. The molecule has 2 aromatic rings. The van der Waals surface area contributed by atoms with Crippen molar-refractivity contribution < 1.29 is 14.6 Å². The maximum absolute atomic E-state index is 11.9. The minimum atomic E-state index is -0.398. The Morgan fingerprint density at radius 2 is 1.83 bits per heavy atom. The van der Waals surface area contributed by atoms with E-state index in [0.29, 0.717) is 12.4 Å². The number of para-hydroxylation sites is 1. The molecule has 1 heterocycles. The number of aromatic nitrogens is 2. The predicted octanol–water partition coefficient (Wildman–Crippen LogP) is 7.15. The van der Waals surface area contributed by atoms with Crippen LogP contribution in [0.5, 0.6) is 0 Å². The van der Waals surface area contributed by atoms with Crippen LogP contribution in [0.2, 0.25) is 0 Å². The average Bonchev–Trinajstić information content (AvgIpc) is 2.86. The van der Waals surface area contributed by atoms with Crippen molar-refractivity contribution in [1.29, 1.82) is 0 Å². The van der Waals surface area contributed by atoms with Gasteiger partial charge in [-0.15, -0.1) is 13.2 Å². The van der Waals surface area contributed by atoms with Gasteiger partial charge < -0.3 is 20.1 Å². The number of nitrogens with zero attached hydrogens (tertiary/aromatic N) is 3. The first kappa shape index (κ1) is 32.7. The van der Waals surface area contributed by atoms with Crippen LogP contribution in [0, 0.1) is 0 Å². The van der Waals surface area contributed by atoms with Crippen LogP contribution in [0.4, 0.5) is 10.6 Å². The first-order valence-electron chi connectivity index (χ1n) is 12.9. The molecule has 2 N–H and O–H groups in total. The zero-order chi connectivity index (χ0) is 27.5. The summed E-state index contributed by atoms with van der Waals surface area (Å²) in [5, 5.41) is 14.1. The molecule has 0 bridgehead atoms. The number of hydrogen-bond acceptors (Lipinski definition) is 6. The summed E-state index contributed by atoms with van der Waals surface area (Å²) in [5.41, 5.74) is 0.842. The number of nitrogens with one attached hydrogen (secondary N) is 1. The Morgan fingerprint density at radius 1 is 1.17 bits per heavy atom. The fourth-order valence-corrected chi connectivity index (χ4v) is 3.25. The third-order valence-corrected chi connectivity index (χ3v) is 4.85. The van der Waals surface area contributed by atoms with Gasteiger partial charge in [0.15, 0.2) is 0 Å². The minimum Gasteiger partial charge on any atom is -0.512 e. The number of benzene rings is 1. The van der Waals surface area contributed by atoms with Gasteiger partial charge in [0, 0.05) is 24.5 Å². The molecular formula is C29H46N4O3. The summed E-state index contributed by atoms with van der Waals surface area (Å²) in [5.74, 6) is 1.63. The molecule has 2 rings (SSSR count). The molecule has 1 aromatic carbocycles. The maximum Gasteiger partial charge on any atom is 0.407 e. The molecule has 36 heavy (non-hydrogen) atoms. The van der Waals surface area contributed by atoms with Crippen molar-refractivity contribution in [3.8, 4) is 0 Å². The number of aliphatic hydroxyl groups excluding tert-OH is 1. The first-order chi connectivity index (χ1) is 17.3. The maximum atomic E-state index is 11.9. The Morgan fingerprint density at radius 3 is 2.44 bits per heavy atom. The lowest BCUT2D eigenvalue weighted by atomic mass is 10.2. The molecule has 0 spiro atoms. The number of anilines is 1. The molecule has 0 aliphatic heterocycles. The van der Waals surface area contributed by atoms with Crippen LogP contribution in [0.15, 0.2) is 61.4 Å².